The van der Waals surface area contributed by atoms with Crippen molar-refractivity contribution in [1.82, 2.24) is 0 Å². The topological polar surface area (TPSA) is 0 Å². The van der Waals surface area contributed by atoms with Gasteiger partial charge < -0.3 is 0 Å². The molecule has 10 aromatic carbocycles. The zero-order valence-electron chi connectivity index (χ0n) is 31.2. The molecule has 0 radical (unpaired) electrons. The van der Waals surface area contributed by atoms with Gasteiger partial charge in [0.2, 0.25) is 13.4 Å². The molecule has 0 aromatic heterocycles. The zero-order chi connectivity index (χ0) is 36.6. The SMILES string of the molecule is Cc1cc2c3c(c1)-c1cc(-c4ccccc4)c4cc5c6c(cc(-c7ccccc7)c7cc(c1c4c76)B3c1ccccc1-2)-c1cc(C)cc2c1B5c1ccccc1-2. The lowest BCUT2D eigenvalue weighted by Crippen LogP contribution is -2.53. The Morgan fingerprint density at radius 2 is 0.661 bits per heavy atom. The summed E-state index contributed by atoms with van der Waals surface area (Å²) >= 11 is 0. The molecular formula is C54H32B2. The first kappa shape index (κ1) is 29.7. The summed E-state index contributed by atoms with van der Waals surface area (Å²) in [7, 11) is 0. The summed E-state index contributed by atoms with van der Waals surface area (Å²) in [6.07, 6.45) is 0. The summed E-state index contributed by atoms with van der Waals surface area (Å²) in [5.74, 6) is 0. The summed E-state index contributed by atoms with van der Waals surface area (Å²) < 4.78 is 0. The molecule has 14 rings (SSSR count). The monoisotopic (exact) mass is 702 g/mol. The van der Waals surface area contributed by atoms with E-state index >= 15 is 0 Å². The molecule has 0 atom stereocenters. The maximum atomic E-state index is 2.64. The Hall–Kier alpha value is -6.63. The number of benzene rings is 10. The number of fused-ring (bicyclic) bond motifs is 10. The average Bonchev–Trinajstić information content (AvgIpc) is 3.75. The first-order valence-corrected chi connectivity index (χ1v) is 20.1. The molecule has 0 aliphatic carbocycles. The maximum Gasteiger partial charge on any atom is 0.244 e. The van der Waals surface area contributed by atoms with Crippen LogP contribution in [-0.4, -0.2) is 13.4 Å². The summed E-state index contributed by atoms with van der Waals surface area (Å²) in [6, 6.07) is 61.0. The molecule has 254 valence electrons. The van der Waals surface area contributed by atoms with Crippen molar-refractivity contribution >= 4 is 78.5 Å². The van der Waals surface area contributed by atoms with Crippen LogP contribution in [0.2, 0.25) is 0 Å². The minimum absolute atomic E-state index is 0.182. The van der Waals surface area contributed by atoms with E-state index in [1.807, 2.05) is 0 Å². The molecule has 4 heterocycles. The second-order valence-electron chi connectivity index (χ2n) is 16.8. The molecule has 0 unspecified atom stereocenters. The highest BCUT2D eigenvalue weighted by Gasteiger charge is 2.44. The average molecular weight is 702 g/mol. The van der Waals surface area contributed by atoms with Crippen LogP contribution < -0.4 is 32.8 Å². The Morgan fingerprint density at radius 1 is 0.286 bits per heavy atom. The lowest BCUT2D eigenvalue weighted by molar-refractivity contribution is 1.48. The fourth-order valence-corrected chi connectivity index (χ4v) is 11.9. The lowest BCUT2D eigenvalue weighted by atomic mass is 9.34. The van der Waals surface area contributed by atoms with E-state index in [2.05, 4.69) is 172 Å². The molecule has 0 amide bonds. The second kappa shape index (κ2) is 10.2. The van der Waals surface area contributed by atoms with E-state index in [1.165, 1.54) is 143 Å². The standard InChI is InChI=1S/C54H32B2/c1-29-21-41-33-17-9-11-19-45(33)55-47-27-40-36(32-15-7-4-8-16-32)26-38-44-24-30(2)22-42-34-18-10-12-20-46(34)56(54(42)44)48-28-39-35(31-13-5-3-6-14-31)25-37(43(23-29)53(41)55)49(47)51(39)52(40)50(38)48/h3-28H,1-2H3. The van der Waals surface area contributed by atoms with Crippen molar-refractivity contribution in [3.05, 3.63) is 169 Å². The molecule has 4 aliphatic heterocycles. The highest BCUT2D eigenvalue weighted by Crippen LogP contribution is 2.51. The Balaban J connectivity index is 1.26. The van der Waals surface area contributed by atoms with Crippen molar-refractivity contribution in [3.63, 3.8) is 0 Å². The molecule has 0 saturated carbocycles. The van der Waals surface area contributed by atoms with E-state index in [-0.39, 0.29) is 13.4 Å². The fraction of sp³-hybridized carbons (Fsp3) is 0.0370. The summed E-state index contributed by atoms with van der Waals surface area (Å²) in [5, 5.41) is 8.44. The Bertz CT molecular complexity index is 3200. The number of rotatable bonds is 2. The van der Waals surface area contributed by atoms with Gasteiger partial charge in [-0.15, -0.1) is 0 Å². The third-order valence-electron chi connectivity index (χ3n) is 13.9. The molecular weight excluding hydrogens is 670 g/mol. The summed E-state index contributed by atoms with van der Waals surface area (Å²) in [5.41, 5.74) is 27.6. The molecule has 0 nitrogen and oxygen atoms in total. The van der Waals surface area contributed by atoms with Crippen LogP contribution in [0.3, 0.4) is 0 Å². The van der Waals surface area contributed by atoms with Gasteiger partial charge in [-0.05, 0) is 136 Å². The highest BCUT2D eigenvalue weighted by atomic mass is 14.3. The van der Waals surface area contributed by atoms with Crippen LogP contribution in [0.25, 0.3) is 99.1 Å². The van der Waals surface area contributed by atoms with Gasteiger partial charge in [-0.25, -0.2) is 0 Å². The van der Waals surface area contributed by atoms with Crippen molar-refractivity contribution in [3.8, 4) is 66.8 Å². The predicted molar refractivity (Wildman–Crippen MR) is 242 cm³/mol. The van der Waals surface area contributed by atoms with Crippen LogP contribution >= 0.6 is 0 Å². The maximum absolute atomic E-state index is 2.64. The van der Waals surface area contributed by atoms with Gasteiger partial charge in [0.15, 0.2) is 0 Å². The van der Waals surface area contributed by atoms with E-state index in [0.717, 1.165) is 0 Å². The van der Waals surface area contributed by atoms with Gasteiger partial charge in [0.1, 0.15) is 0 Å². The Labute approximate surface area is 326 Å². The molecule has 0 saturated heterocycles. The van der Waals surface area contributed by atoms with E-state index < -0.39 is 0 Å². The zero-order valence-corrected chi connectivity index (χ0v) is 31.2. The minimum atomic E-state index is 0.182. The Morgan fingerprint density at radius 3 is 1.09 bits per heavy atom. The first-order valence-electron chi connectivity index (χ1n) is 20.1. The van der Waals surface area contributed by atoms with Crippen LogP contribution in [0.5, 0.6) is 0 Å². The molecule has 0 fully saturated rings. The fourth-order valence-electron chi connectivity index (χ4n) is 11.9. The van der Waals surface area contributed by atoms with Gasteiger partial charge in [-0.3, -0.25) is 0 Å². The van der Waals surface area contributed by atoms with Crippen LogP contribution in [0.1, 0.15) is 11.1 Å². The molecule has 0 N–H and O–H groups in total. The van der Waals surface area contributed by atoms with Crippen molar-refractivity contribution < 1.29 is 0 Å². The van der Waals surface area contributed by atoms with Crippen molar-refractivity contribution in [2.75, 3.05) is 0 Å². The molecule has 0 spiro atoms. The van der Waals surface area contributed by atoms with E-state index in [9.17, 15) is 0 Å². The van der Waals surface area contributed by atoms with Crippen molar-refractivity contribution in [2.45, 2.75) is 13.8 Å². The van der Waals surface area contributed by atoms with E-state index in [4.69, 9.17) is 0 Å². The lowest BCUT2D eigenvalue weighted by Gasteiger charge is -2.33. The second-order valence-corrected chi connectivity index (χ2v) is 16.8. The first-order chi connectivity index (χ1) is 27.6. The normalized spacial score (nSPS) is 13.5. The molecule has 56 heavy (non-hydrogen) atoms. The smallest absolute Gasteiger partial charge is 0.0664 e. The largest absolute Gasteiger partial charge is 0.244 e. The molecule has 2 heteroatoms. The van der Waals surface area contributed by atoms with Gasteiger partial charge >= 0.3 is 0 Å². The third kappa shape index (κ3) is 3.47. The van der Waals surface area contributed by atoms with Crippen LogP contribution in [0.15, 0.2) is 158 Å². The van der Waals surface area contributed by atoms with Gasteiger partial charge in [0.25, 0.3) is 0 Å². The number of hydrogen-bond acceptors (Lipinski definition) is 0. The molecule has 4 aliphatic rings. The van der Waals surface area contributed by atoms with Crippen LogP contribution in [0, 0.1) is 13.8 Å². The van der Waals surface area contributed by atoms with Gasteiger partial charge in [-0.1, -0.05) is 178 Å². The van der Waals surface area contributed by atoms with Crippen molar-refractivity contribution in [2.24, 2.45) is 0 Å². The summed E-state index contributed by atoms with van der Waals surface area (Å²) in [4.78, 5) is 0. The highest BCUT2D eigenvalue weighted by molar-refractivity contribution is 7.03. The number of aryl methyl sites for hydroxylation is 2. The van der Waals surface area contributed by atoms with E-state index in [0.29, 0.717) is 0 Å². The Kier molecular flexibility index (Phi) is 5.39. The quantitative estimate of drug-likeness (QED) is 0.124. The van der Waals surface area contributed by atoms with E-state index in [1.54, 1.807) is 0 Å². The summed E-state index contributed by atoms with van der Waals surface area (Å²) in [6.45, 7) is 4.92. The van der Waals surface area contributed by atoms with Gasteiger partial charge in [-0.2, -0.15) is 0 Å². The van der Waals surface area contributed by atoms with Gasteiger partial charge in [0.05, 0.1) is 0 Å². The number of hydrogen-bond donors (Lipinski definition) is 0. The predicted octanol–water partition coefficient (Wildman–Crippen LogP) is 9.49. The molecule has 10 aromatic rings. The van der Waals surface area contributed by atoms with Crippen molar-refractivity contribution in [1.29, 1.82) is 0 Å². The van der Waals surface area contributed by atoms with Crippen LogP contribution in [0.4, 0.5) is 0 Å². The molecule has 0 bridgehead atoms. The third-order valence-corrected chi connectivity index (χ3v) is 13.9. The minimum Gasteiger partial charge on any atom is -0.0664 e. The van der Waals surface area contributed by atoms with Crippen LogP contribution in [-0.2, 0) is 0 Å². The van der Waals surface area contributed by atoms with Gasteiger partial charge in [0, 0.05) is 0 Å².